The summed E-state index contributed by atoms with van der Waals surface area (Å²) in [5, 5.41) is 0. The lowest BCUT2D eigenvalue weighted by molar-refractivity contribution is -0.122. The summed E-state index contributed by atoms with van der Waals surface area (Å²) < 4.78 is 0. The van der Waals surface area contributed by atoms with E-state index in [1.807, 2.05) is 55.5 Å². The molecule has 0 aliphatic rings. The van der Waals surface area contributed by atoms with Crippen LogP contribution in [-0.4, -0.2) is 11.7 Å². The molecule has 1 amide bonds. The standard InChI is InChI=1S/C16H19N3OS/c1-11-14(17)8-5-9-15(11)21-10-13(16(20)19-18)12-6-3-2-4-7-12/h2-9,13H,10,17-18H2,1H3,(H,19,20). The summed E-state index contributed by atoms with van der Waals surface area (Å²) in [7, 11) is 0. The molecule has 0 radical (unpaired) electrons. The molecule has 110 valence electrons. The molecule has 1 unspecified atom stereocenters. The van der Waals surface area contributed by atoms with E-state index in [9.17, 15) is 4.79 Å². The van der Waals surface area contributed by atoms with E-state index in [4.69, 9.17) is 11.6 Å². The Labute approximate surface area is 128 Å². The zero-order valence-electron chi connectivity index (χ0n) is 11.9. The van der Waals surface area contributed by atoms with Gasteiger partial charge in [-0.15, -0.1) is 11.8 Å². The van der Waals surface area contributed by atoms with Crippen LogP contribution in [0.25, 0.3) is 0 Å². The average molecular weight is 301 g/mol. The second-order valence-electron chi connectivity index (χ2n) is 4.75. The van der Waals surface area contributed by atoms with Crippen molar-refractivity contribution in [2.75, 3.05) is 11.5 Å². The van der Waals surface area contributed by atoms with E-state index < -0.39 is 0 Å². The minimum Gasteiger partial charge on any atom is -0.398 e. The fraction of sp³-hybridized carbons (Fsp3) is 0.188. The van der Waals surface area contributed by atoms with Crippen LogP contribution in [0.15, 0.2) is 53.4 Å². The third-order valence-corrected chi connectivity index (χ3v) is 4.65. The van der Waals surface area contributed by atoms with Gasteiger partial charge in [0, 0.05) is 16.3 Å². The van der Waals surface area contributed by atoms with Gasteiger partial charge in [-0.05, 0) is 30.2 Å². The Morgan fingerprint density at radius 2 is 1.90 bits per heavy atom. The Balaban J connectivity index is 2.17. The van der Waals surface area contributed by atoms with Crippen LogP contribution in [0.1, 0.15) is 17.0 Å². The van der Waals surface area contributed by atoms with Gasteiger partial charge in [-0.25, -0.2) is 5.84 Å². The van der Waals surface area contributed by atoms with Gasteiger partial charge >= 0.3 is 0 Å². The predicted octanol–water partition coefficient (Wildman–Crippen LogP) is 2.44. The van der Waals surface area contributed by atoms with Crippen LogP contribution in [0.2, 0.25) is 0 Å². The molecule has 2 aromatic rings. The molecule has 0 saturated heterocycles. The number of nitrogens with one attached hydrogen (secondary N) is 1. The third kappa shape index (κ3) is 3.77. The maximum Gasteiger partial charge on any atom is 0.242 e. The highest BCUT2D eigenvalue weighted by molar-refractivity contribution is 7.99. The van der Waals surface area contributed by atoms with Crippen LogP contribution < -0.4 is 17.0 Å². The Morgan fingerprint density at radius 1 is 1.19 bits per heavy atom. The van der Waals surface area contributed by atoms with Crippen LogP contribution in [0.4, 0.5) is 5.69 Å². The number of carbonyl (C=O) groups is 1. The van der Waals surface area contributed by atoms with Crippen LogP contribution in [0.5, 0.6) is 0 Å². The third-order valence-electron chi connectivity index (χ3n) is 3.39. The fourth-order valence-corrected chi connectivity index (χ4v) is 3.27. The number of nitrogen functional groups attached to an aromatic ring is 1. The number of nitrogens with two attached hydrogens (primary N) is 2. The molecule has 1 atom stereocenters. The summed E-state index contributed by atoms with van der Waals surface area (Å²) in [6.07, 6.45) is 0. The maximum absolute atomic E-state index is 12.0. The van der Waals surface area contributed by atoms with Crippen molar-refractivity contribution in [2.45, 2.75) is 17.7 Å². The number of carbonyl (C=O) groups excluding carboxylic acids is 1. The van der Waals surface area contributed by atoms with Crippen molar-refractivity contribution in [1.29, 1.82) is 0 Å². The second-order valence-corrected chi connectivity index (χ2v) is 5.82. The van der Waals surface area contributed by atoms with Gasteiger partial charge in [0.1, 0.15) is 0 Å². The highest BCUT2D eigenvalue weighted by Crippen LogP contribution is 2.30. The number of thioether (sulfide) groups is 1. The Morgan fingerprint density at radius 3 is 2.57 bits per heavy atom. The monoisotopic (exact) mass is 301 g/mol. The number of rotatable bonds is 5. The zero-order valence-corrected chi connectivity index (χ0v) is 12.7. The summed E-state index contributed by atoms with van der Waals surface area (Å²) in [4.78, 5) is 13.1. The van der Waals surface area contributed by atoms with Gasteiger partial charge in [0.05, 0.1) is 5.92 Å². The largest absolute Gasteiger partial charge is 0.398 e. The molecule has 2 rings (SSSR count). The number of anilines is 1. The molecule has 4 nitrogen and oxygen atoms in total. The fourth-order valence-electron chi connectivity index (χ4n) is 2.07. The van der Waals surface area contributed by atoms with E-state index >= 15 is 0 Å². The summed E-state index contributed by atoms with van der Waals surface area (Å²) in [5.74, 6) is 5.44. The Bertz CT molecular complexity index is 616. The predicted molar refractivity (Wildman–Crippen MR) is 87.8 cm³/mol. The number of benzene rings is 2. The highest BCUT2D eigenvalue weighted by Gasteiger charge is 2.20. The molecule has 0 fully saturated rings. The number of hydrogen-bond acceptors (Lipinski definition) is 4. The number of hydrogen-bond donors (Lipinski definition) is 3. The highest BCUT2D eigenvalue weighted by atomic mass is 32.2. The van der Waals surface area contributed by atoms with Gasteiger partial charge in [-0.2, -0.15) is 0 Å². The summed E-state index contributed by atoms with van der Waals surface area (Å²) in [6, 6.07) is 15.4. The zero-order chi connectivity index (χ0) is 15.2. The first kappa shape index (κ1) is 15.4. The molecule has 21 heavy (non-hydrogen) atoms. The molecule has 0 aromatic heterocycles. The van der Waals surface area contributed by atoms with Crippen molar-refractivity contribution in [2.24, 2.45) is 5.84 Å². The van der Waals surface area contributed by atoms with E-state index in [1.165, 1.54) is 0 Å². The number of hydrazine groups is 1. The molecule has 0 aliphatic carbocycles. The van der Waals surface area contributed by atoms with Crippen molar-refractivity contribution in [3.05, 3.63) is 59.7 Å². The molecule has 5 N–H and O–H groups in total. The summed E-state index contributed by atoms with van der Waals surface area (Å²) in [5.41, 5.74) is 10.9. The van der Waals surface area contributed by atoms with E-state index in [0.29, 0.717) is 5.75 Å². The van der Waals surface area contributed by atoms with Crippen LogP contribution in [0, 0.1) is 6.92 Å². The molecule has 5 heteroatoms. The molecular weight excluding hydrogens is 282 g/mol. The van der Waals surface area contributed by atoms with Crippen molar-refractivity contribution in [3.8, 4) is 0 Å². The van der Waals surface area contributed by atoms with Gasteiger partial charge < -0.3 is 5.73 Å². The van der Waals surface area contributed by atoms with E-state index in [1.54, 1.807) is 11.8 Å². The summed E-state index contributed by atoms with van der Waals surface area (Å²) in [6.45, 7) is 1.98. The average Bonchev–Trinajstić information content (AvgIpc) is 2.52. The van der Waals surface area contributed by atoms with Crippen molar-refractivity contribution < 1.29 is 4.79 Å². The molecule has 0 bridgehead atoms. The lowest BCUT2D eigenvalue weighted by Crippen LogP contribution is -2.35. The molecule has 0 saturated carbocycles. The van der Waals surface area contributed by atoms with Crippen molar-refractivity contribution in [1.82, 2.24) is 5.43 Å². The maximum atomic E-state index is 12.0. The van der Waals surface area contributed by atoms with Crippen molar-refractivity contribution >= 4 is 23.4 Å². The SMILES string of the molecule is Cc1c(N)cccc1SCC(C(=O)NN)c1ccccc1. The Hall–Kier alpha value is -1.98. The van der Waals surface area contributed by atoms with Crippen molar-refractivity contribution in [3.63, 3.8) is 0 Å². The van der Waals surface area contributed by atoms with Crippen LogP contribution >= 0.6 is 11.8 Å². The van der Waals surface area contributed by atoms with Crippen LogP contribution in [-0.2, 0) is 4.79 Å². The second kappa shape index (κ2) is 7.15. The minimum atomic E-state index is -0.290. The van der Waals surface area contributed by atoms with E-state index in [2.05, 4.69) is 5.43 Å². The van der Waals surface area contributed by atoms with Gasteiger partial charge in [-0.1, -0.05) is 36.4 Å². The molecule has 2 aromatic carbocycles. The van der Waals surface area contributed by atoms with Gasteiger partial charge in [0.15, 0.2) is 0 Å². The first-order chi connectivity index (χ1) is 10.1. The lowest BCUT2D eigenvalue weighted by atomic mass is 10.0. The van der Waals surface area contributed by atoms with Gasteiger partial charge in [0.2, 0.25) is 5.91 Å². The number of amides is 1. The Kier molecular flexibility index (Phi) is 5.25. The van der Waals surface area contributed by atoms with Gasteiger partial charge in [0.25, 0.3) is 0 Å². The van der Waals surface area contributed by atoms with Crippen LogP contribution in [0.3, 0.4) is 0 Å². The van der Waals surface area contributed by atoms with E-state index in [-0.39, 0.29) is 11.8 Å². The molecular formula is C16H19N3OS. The first-order valence-corrected chi connectivity index (χ1v) is 7.65. The summed E-state index contributed by atoms with van der Waals surface area (Å²) >= 11 is 1.61. The first-order valence-electron chi connectivity index (χ1n) is 6.66. The lowest BCUT2D eigenvalue weighted by Gasteiger charge is -2.16. The molecule has 0 aliphatic heterocycles. The molecule has 0 spiro atoms. The van der Waals surface area contributed by atoms with Gasteiger partial charge in [-0.3, -0.25) is 10.2 Å². The normalized spacial score (nSPS) is 11.9. The smallest absolute Gasteiger partial charge is 0.242 e. The van der Waals surface area contributed by atoms with E-state index in [0.717, 1.165) is 21.7 Å². The quantitative estimate of drug-likeness (QED) is 0.260. The topological polar surface area (TPSA) is 81.1 Å². The minimum absolute atomic E-state index is 0.185. The molecule has 0 heterocycles.